The van der Waals surface area contributed by atoms with Crippen molar-refractivity contribution in [2.24, 2.45) is 5.73 Å². The van der Waals surface area contributed by atoms with Crippen molar-refractivity contribution >= 4 is 0 Å². The quantitative estimate of drug-likeness (QED) is 0.857. The highest BCUT2D eigenvalue weighted by Crippen LogP contribution is 2.22. The van der Waals surface area contributed by atoms with Gasteiger partial charge in [-0.3, -0.25) is 0 Å². The highest BCUT2D eigenvalue weighted by atomic mass is 19.1. The summed E-state index contributed by atoms with van der Waals surface area (Å²) < 4.78 is 12.8. The average molecular weight is 252 g/mol. The van der Waals surface area contributed by atoms with Crippen LogP contribution in [0.3, 0.4) is 0 Å². The number of benzene rings is 1. The Morgan fingerprint density at radius 1 is 1.44 bits per heavy atom. The Bertz CT molecular complexity index is 391. The summed E-state index contributed by atoms with van der Waals surface area (Å²) in [6.07, 6.45) is 1.64. The van der Waals surface area contributed by atoms with E-state index in [-0.39, 0.29) is 11.9 Å². The minimum atomic E-state index is -0.556. The van der Waals surface area contributed by atoms with E-state index in [9.17, 15) is 9.50 Å². The summed E-state index contributed by atoms with van der Waals surface area (Å²) in [5.74, 6) is -0.235. The zero-order valence-corrected chi connectivity index (χ0v) is 10.8. The van der Waals surface area contributed by atoms with Gasteiger partial charge in [0, 0.05) is 25.7 Å². The van der Waals surface area contributed by atoms with Gasteiger partial charge in [-0.05, 0) is 37.5 Å². The van der Waals surface area contributed by atoms with Crippen LogP contribution in [0.15, 0.2) is 24.3 Å². The lowest BCUT2D eigenvalue weighted by atomic mass is 10.0. The fraction of sp³-hybridized carbons (Fsp3) is 0.571. The first kappa shape index (κ1) is 13.5. The van der Waals surface area contributed by atoms with Gasteiger partial charge in [0.1, 0.15) is 5.82 Å². The van der Waals surface area contributed by atoms with Crippen molar-refractivity contribution in [1.29, 1.82) is 0 Å². The highest BCUT2D eigenvalue weighted by Gasteiger charge is 2.30. The lowest BCUT2D eigenvalue weighted by molar-refractivity contribution is 0.0684. The molecular weight excluding hydrogens is 231 g/mol. The molecule has 0 spiro atoms. The summed E-state index contributed by atoms with van der Waals surface area (Å²) in [5.41, 5.74) is 6.48. The van der Waals surface area contributed by atoms with Crippen LogP contribution in [0.4, 0.5) is 4.39 Å². The van der Waals surface area contributed by atoms with Crippen molar-refractivity contribution in [1.82, 2.24) is 4.90 Å². The van der Waals surface area contributed by atoms with Gasteiger partial charge < -0.3 is 15.7 Å². The molecule has 1 heterocycles. The SMILES string of the molecule is CC1(O)CCN(CCC(N)c2ccc(F)cc2)C1. The first-order valence-electron chi connectivity index (χ1n) is 6.42. The Morgan fingerprint density at radius 3 is 2.67 bits per heavy atom. The van der Waals surface area contributed by atoms with Gasteiger partial charge in [-0.15, -0.1) is 0 Å². The van der Waals surface area contributed by atoms with Gasteiger partial charge in [0.2, 0.25) is 0 Å². The fourth-order valence-electron chi connectivity index (χ4n) is 2.43. The van der Waals surface area contributed by atoms with E-state index in [1.807, 2.05) is 6.92 Å². The van der Waals surface area contributed by atoms with Gasteiger partial charge in [-0.2, -0.15) is 0 Å². The lowest BCUT2D eigenvalue weighted by Crippen LogP contribution is -2.31. The van der Waals surface area contributed by atoms with Crippen LogP contribution in [0.1, 0.15) is 31.4 Å². The molecule has 0 saturated carbocycles. The first-order valence-corrected chi connectivity index (χ1v) is 6.42. The van der Waals surface area contributed by atoms with E-state index >= 15 is 0 Å². The van der Waals surface area contributed by atoms with E-state index in [1.54, 1.807) is 12.1 Å². The molecule has 1 aromatic carbocycles. The predicted molar refractivity (Wildman–Crippen MR) is 69.6 cm³/mol. The summed E-state index contributed by atoms with van der Waals surface area (Å²) in [6, 6.07) is 6.28. The lowest BCUT2D eigenvalue weighted by Gasteiger charge is -2.20. The van der Waals surface area contributed by atoms with Gasteiger partial charge >= 0.3 is 0 Å². The molecule has 1 aromatic rings. The Hall–Kier alpha value is -0.970. The van der Waals surface area contributed by atoms with Crippen LogP contribution in [-0.4, -0.2) is 35.2 Å². The van der Waals surface area contributed by atoms with E-state index in [1.165, 1.54) is 12.1 Å². The van der Waals surface area contributed by atoms with Crippen LogP contribution in [-0.2, 0) is 0 Å². The summed E-state index contributed by atoms with van der Waals surface area (Å²) in [5, 5.41) is 9.86. The van der Waals surface area contributed by atoms with Crippen LogP contribution in [0.25, 0.3) is 0 Å². The predicted octanol–water partition coefficient (Wildman–Crippen LogP) is 1.67. The first-order chi connectivity index (χ1) is 8.46. The molecule has 2 atom stereocenters. The van der Waals surface area contributed by atoms with Crippen LogP contribution in [0, 0.1) is 5.82 Å². The third-order valence-electron chi connectivity index (χ3n) is 3.59. The maximum Gasteiger partial charge on any atom is 0.123 e. The molecule has 1 fully saturated rings. The van der Waals surface area contributed by atoms with Crippen molar-refractivity contribution in [3.05, 3.63) is 35.6 Å². The Kier molecular flexibility index (Phi) is 4.00. The Balaban J connectivity index is 1.82. The van der Waals surface area contributed by atoms with Crippen molar-refractivity contribution in [2.75, 3.05) is 19.6 Å². The highest BCUT2D eigenvalue weighted by molar-refractivity contribution is 5.19. The van der Waals surface area contributed by atoms with E-state index in [0.29, 0.717) is 6.54 Å². The molecule has 3 nitrogen and oxygen atoms in total. The van der Waals surface area contributed by atoms with Crippen LogP contribution in [0.5, 0.6) is 0 Å². The minimum absolute atomic E-state index is 0.0730. The van der Waals surface area contributed by atoms with Gasteiger partial charge in [-0.1, -0.05) is 12.1 Å². The second-order valence-electron chi connectivity index (χ2n) is 5.47. The normalized spacial score (nSPS) is 26.4. The summed E-state index contributed by atoms with van der Waals surface area (Å²) in [7, 11) is 0. The van der Waals surface area contributed by atoms with Crippen molar-refractivity contribution in [3.63, 3.8) is 0 Å². The molecule has 0 bridgehead atoms. The largest absolute Gasteiger partial charge is 0.389 e. The molecule has 0 aromatic heterocycles. The number of hydrogen-bond donors (Lipinski definition) is 2. The Labute approximate surface area is 107 Å². The zero-order valence-electron chi connectivity index (χ0n) is 10.8. The zero-order chi connectivity index (χ0) is 13.2. The van der Waals surface area contributed by atoms with E-state index in [4.69, 9.17) is 5.73 Å². The third-order valence-corrected chi connectivity index (χ3v) is 3.59. The average Bonchev–Trinajstić information content (AvgIpc) is 2.67. The topological polar surface area (TPSA) is 49.5 Å². The molecule has 2 unspecified atom stereocenters. The molecule has 3 N–H and O–H groups in total. The van der Waals surface area contributed by atoms with Gasteiger partial charge in [0.15, 0.2) is 0 Å². The molecule has 0 amide bonds. The number of hydrogen-bond acceptors (Lipinski definition) is 3. The molecule has 0 aliphatic carbocycles. The minimum Gasteiger partial charge on any atom is -0.389 e. The van der Waals surface area contributed by atoms with Gasteiger partial charge in [0.05, 0.1) is 5.60 Å². The molecule has 1 aliphatic heterocycles. The maximum absolute atomic E-state index is 12.8. The maximum atomic E-state index is 12.8. The standard InChI is InChI=1S/C14H21FN2O/c1-14(18)7-9-17(10-14)8-6-13(16)11-2-4-12(15)5-3-11/h2-5,13,18H,6-10,16H2,1H3. The summed E-state index contributed by atoms with van der Waals surface area (Å²) >= 11 is 0. The molecule has 18 heavy (non-hydrogen) atoms. The second kappa shape index (κ2) is 5.34. The second-order valence-corrected chi connectivity index (χ2v) is 5.47. The summed E-state index contributed by atoms with van der Waals surface area (Å²) in [4.78, 5) is 2.23. The fourth-order valence-corrected chi connectivity index (χ4v) is 2.43. The third kappa shape index (κ3) is 3.51. The number of aliphatic hydroxyl groups is 1. The molecule has 100 valence electrons. The van der Waals surface area contributed by atoms with Crippen molar-refractivity contribution in [3.8, 4) is 0 Å². The van der Waals surface area contributed by atoms with Crippen molar-refractivity contribution < 1.29 is 9.50 Å². The van der Waals surface area contributed by atoms with Crippen LogP contribution in [0.2, 0.25) is 0 Å². The number of rotatable bonds is 4. The number of β-amino-alcohol motifs (C(OH)–C–C–N with tert-alkyl or cyclic N) is 1. The molecule has 2 rings (SSSR count). The van der Waals surface area contributed by atoms with E-state index < -0.39 is 5.60 Å². The molecule has 1 saturated heterocycles. The number of nitrogens with zero attached hydrogens (tertiary/aromatic N) is 1. The number of likely N-dealkylation sites (tertiary alicyclic amines) is 1. The molecule has 1 aliphatic rings. The molecular formula is C14H21FN2O. The van der Waals surface area contributed by atoms with Crippen molar-refractivity contribution in [2.45, 2.75) is 31.4 Å². The van der Waals surface area contributed by atoms with Gasteiger partial charge in [-0.25, -0.2) is 4.39 Å². The molecule has 0 radical (unpaired) electrons. The molecule has 4 heteroatoms. The monoisotopic (exact) mass is 252 g/mol. The van der Waals surface area contributed by atoms with Gasteiger partial charge in [0.25, 0.3) is 0 Å². The number of nitrogens with two attached hydrogens (primary N) is 1. The van der Waals surface area contributed by atoms with Crippen LogP contribution >= 0.6 is 0 Å². The van der Waals surface area contributed by atoms with Crippen LogP contribution < -0.4 is 5.73 Å². The summed E-state index contributed by atoms with van der Waals surface area (Å²) in [6.45, 7) is 4.37. The van der Waals surface area contributed by atoms with E-state index in [0.717, 1.165) is 31.5 Å². The Morgan fingerprint density at radius 2 is 2.11 bits per heavy atom. The van der Waals surface area contributed by atoms with E-state index in [2.05, 4.69) is 4.90 Å². The number of halogens is 1. The smallest absolute Gasteiger partial charge is 0.123 e.